The van der Waals surface area contributed by atoms with Gasteiger partial charge in [-0.1, -0.05) is 23.7 Å². The predicted octanol–water partition coefficient (Wildman–Crippen LogP) is 3.98. The summed E-state index contributed by atoms with van der Waals surface area (Å²) >= 11 is 5.75. The quantitative estimate of drug-likeness (QED) is 0.858. The Morgan fingerprint density at radius 3 is 2.56 bits per heavy atom. The van der Waals surface area contributed by atoms with Crippen molar-refractivity contribution in [3.8, 4) is 17.2 Å². The SMILES string of the molecule is Oc1cccc(F)c1Oc1cccc(Cl)c1. The lowest BCUT2D eigenvalue weighted by molar-refractivity contribution is 0.388. The molecule has 0 radical (unpaired) electrons. The van der Waals surface area contributed by atoms with E-state index in [2.05, 4.69) is 0 Å². The van der Waals surface area contributed by atoms with Crippen LogP contribution < -0.4 is 4.74 Å². The Labute approximate surface area is 96.9 Å². The van der Waals surface area contributed by atoms with Crippen molar-refractivity contribution >= 4 is 11.6 Å². The Bertz CT molecular complexity index is 494. The number of rotatable bonds is 2. The van der Waals surface area contributed by atoms with Crippen molar-refractivity contribution in [2.75, 3.05) is 0 Å². The standard InChI is InChI=1S/C12H8ClFO2/c13-8-3-1-4-9(7-8)16-12-10(14)5-2-6-11(12)15/h1-7,15H. The summed E-state index contributed by atoms with van der Waals surface area (Å²) in [5.41, 5.74) is 0. The smallest absolute Gasteiger partial charge is 0.204 e. The van der Waals surface area contributed by atoms with Gasteiger partial charge in [0.1, 0.15) is 5.75 Å². The van der Waals surface area contributed by atoms with Gasteiger partial charge in [-0.3, -0.25) is 0 Å². The van der Waals surface area contributed by atoms with Crippen molar-refractivity contribution in [1.29, 1.82) is 0 Å². The fourth-order valence-corrected chi connectivity index (χ4v) is 1.43. The monoisotopic (exact) mass is 238 g/mol. The Morgan fingerprint density at radius 2 is 1.88 bits per heavy atom. The minimum absolute atomic E-state index is 0.204. The molecule has 0 aliphatic heterocycles. The maximum atomic E-state index is 13.3. The number of aromatic hydroxyl groups is 1. The van der Waals surface area contributed by atoms with E-state index in [4.69, 9.17) is 16.3 Å². The van der Waals surface area contributed by atoms with E-state index in [-0.39, 0.29) is 11.5 Å². The molecule has 4 heteroatoms. The predicted molar refractivity (Wildman–Crippen MR) is 59.6 cm³/mol. The number of hydrogen-bond acceptors (Lipinski definition) is 2. The van der Waals surface area contributed by atoms with Crippen LogP contribution in [0.3, 0.4) is 0 Å². The average Bonchev–Trinajstić information content (AvgIpc) is 2.24. The van der Waals surface area contributed by atoms with E-state index in [1.165, 1.54) is 24.3 Å². The number of hydrogen-bond donors (Lipinski definition) is 1. The first-order valence-corrected chi connectivity index (χ1v) is 4.95. The highest BCUT2D eigenvalue weighted by molar-refractivity contribution is 6.30. The van der Waals surface area contributed by atoms with Crippen molar-refractivity contribution in [3.63, 3.8) is 0 Å². The van der Waals surface area contributed by atoms with Crippen molar-refractivity contribution < 1.29 is 14.2 Å². The molecule has 0 unspecified atom stereocenters. The summed E-state index contributed by atoms with van der Waals surface area (Å²) < 4.78 is 18.5. The molecular weight excluding hydrogens is 231 g/mol. The number of halogens is 2. The molecule has 0 amide bonds. The van der Waals surface area contributed by atoms with E-state index in [0.29, 0.717) is 10.8 Å². The van der Waals surface area contributed by atoms with E-state index in [1.807, 2.05) is 0 Å². The molecule has 0 aromatic heterocycles. The number of para-hydroxylation sites is 1. The van der Waals surface area contributed by atoms with Crippen LogP contribution in [0.1, 0.15) is 0 Å². The third kappa shape index (κ3) is 2.25. The largest absolute Gasteiger partial charge is 0.504 e. The Kier molecular flexibility index (Phi) is 2.97. The molecule has 82 valence electrons. The zero-order valence-corrected chi connectivity index (χ0v) is 8.91. The van der Waals surface area contributed by atoms with Gasteiger partial charge in [0.05, 0.1) is 0 Å². The van der Waals surface area contributed by atoms with Crippen LogP contribution in [0.25, 0.3) is 0 Å². The third-order valence-corrected chi connectivity index (χ3v) is 2.20. The lowest BCUT2D eigenvalue weighted by Gasteiger charge is -2.08. The van der Waals surface area contributed by atoms with E-state index in [9.17, 15) is 9.50 Å². The number of phenols is 1. The Balaban J connectivity index is 2.34. The van der Waals surface area contributed by atoms with Gasteiger partial charge in [0.15, 0.2) is 11.6 Å². The maximum Gasteiger partial charge on any atom is 0.204 e. The molecule has 2 nitrogen and oxygen atoms in total. The zero-order chi connectivity index (χ0) is 11.5. The number of ether oxygens (including phenoxy) is 1. The van der Waals surface area contributed by atoms with Crippen molar-refractivity contribution in [1.82, 2.24) is 0 Å². The Hall–Kier alpha value is -1.74. The van der Waals surface area contributed by atoms with Crippen LogP contribution >= 0.6 is 11.6 Å². The molecule has 2 aromatic carbocycles. The van der Waals surface area contributed by atoms with Crippen LogP contribution in [0.15, 0.2) is 42.5 Å². The van der Waals surface area contributed by atoms with Crippen LogP contribution in [0.2, 0.25) is 5.02 Å². The van der Waals surface area contributed by atoms with Gasteiger partial charge in [0.25, 0.3) is 0 Å². The van der Waals surface area contributed by atoms with Crippen LogP contribution in [0.4, 0.5) is 4.39 Å². The Morgan fingerprint density at radius 1 is 1.12 bits per heavy atom. The highest BCUT2D eigenvalue weighted by atomic mass is 35.5. The number of benzene rings is 2. The highest BCUT2D eigenvalue weighted by Gasteiger charge is 2.09. The topological polar surface area (TPSA) is 29.5 Å². The minimum atomic E-state index is -0.625. The first-order valence-electron chi connectivity index (χ1n) is 4.58. The lowest BCUT2D eigenvalue weighted by Crippen LogP contribution is -1.88. The molecule has 0 spiro atoms. The van der Waals surface area contributed by atoms with Crippen molar-refractivity contribution in [2.24, 2.45) is 0 Å². The third-order valence-electron chi connectivity index (χ3n) is 1.96. The summed E-state index contributed by atoms with van der Waals surface area (Å²) in [4.78, 5) is 0. The second-order valence-corrected chi connectivity index (χ2v) is 3.58. The summed E-state index contributed by atoms with van der Waals surface area (Å²) in [5.74, 6) is -0.711. The van der Waals surface area contributed by atoms with Gasteiger partial charge in [0, 0.05) is 5.02 Å². The average molecular weight is 239 g/mol. The van der Waals surface area contributed by atoms with E-state index >= 15 is 0 Å². The van der Waals surface area contributed by atoms with Gasteiger partial charge >= 0.3 is 0 Å². The summed E-state index contributed by atoms with van der Waals surface area (Å²) in [7, 11) is 0. The molecular formula is C12H8ClFO2. The number of phenolic OH excluding ortho intramolecular Hbond substituents is 1. The highest BCUT2D eigenvalue weighted by Crippen LogP contribution is 2.33. The second kappa shape index (κ2) is 4.41. The fraction of sp³-hybridized carbons (Fsp3) is 0. The van der Waals surface area contributed by atoms with Gasteiger partial charge in [0.2, 0.25) is 5.75 Å². The van der Waals surface area contributed by atoms with E-state index in [1.54, 1.807) is 18.2 Å². The summed E-state index contributed by atoms with van der Waals surface area (Å²) in [6.07, 6.45) is 0. The molecule has 16 heavy (non-hydrogen) atoms. The van der Waals surface area contributed by atoms with Gasteiger partial charge in [-0.15, -0.1) is 0 Å². The summed E-state index contributed by atoms with van der Waals surface area (Å²) in [6.45, 7) is 0. The van der Waals surface area contributed by atoms with Gasteiger partial charge in [-0.05, 0) is 30.3 Å². The molecule has 0 aliphatic carbocycles. The first kappa shape index (κ1) is 10.8. The van der Waals surface area contributed by atoms with Gasteiger partial charge in [-0.2, -0.15) is 0 Å². The van der Waals surface area contributed by atoms with E-state index in [0.717, 1.165) is 0 Å². The zero-order valence-electron chi connectivity index (χ0n) is 8.15. The molecule has 0 atom stereocenters. The van der Waals surface area contributed by atoms with Gasteiger partial charge < -0.3 is 9.84 Å². The summed E-state index contributed by atoms with van der Waals surface area (Å²) in [5, 5.41) is 9.90. The summed E-state index contributed by atoms with van der Waals surface area (Å²) in [6, 6.07) is 10.5. The minimum Gasteiger partial charge on any atom is -0.504 e. The molecule has 2 rings (SSSR count). The normalized spacial score (nSPS) is 10.1. The van der Waals surface area contributed by atoms with Crippen molar-refractivity contribution in [3.05, 3.63) is 53.3 Å². The van der Waals surface area contributed by atoms with Gasteiger partial charge in [-0.25, -0.2) is 4.39 Å². The molecule has 0 saturated carbocycles. The van der Waals surface area contributed by atoms with Crippen LogP contribution in [0.5, 0.6) is 17.2 Å². The van der Waals surface area contributed by atoms with E-state index < -0.39 is 5.82 Å². The molecule has 0 saturated heterocycles. The molecule has 1 N–H and O–H groups in total. The lowest BCUT2D eigenvalue weighted by atomic mass is 10.3. The molecule has 0 aliphatic rings. The molecule has 0 heterocycles. The second-order valence-electron chi connectivity index (χ2n) is 3.15. The van der Waals surface area contributed by atoms with Crippen molar-refractivity contribution in [2.45, 2.75) is 0 Å². The molecule has 0 bridgehead atoms. The van der Waals surface area contributed by atoms with Crippen LogP contribution in [-0.2, 0) is 0 Å². The van der Waals surface area contributed by atoms with Crippen LogP contribution in [-0.4, -0.2) is 5.11 Å². The van der Waals surface area contributed by atoms with Crippen LogP contribution in [0, 0.1) is 5.82 Å². The fourth-order valence-electron chi connectivity index (χ4n) is 1.25. The molecule has 2 aromatic rings. The molecule has 0 fully saturated rings. The maximum absolute atomic E-state index is 13.3. The first-order chi connectivity index (χ1) is 7.66.